The lowest BCUT2D eigenvalue weighted by atomic mass is 9.97. The van der Waals surface area contributed by atoms with E-state index in [0.29, 0.717) is 30.9 Å². The third-order valence-corrected chi connectivity index (χ3v) is 3.51. The summed E-state index contributed by atoms with van der Waals surface area (Å²) in [6.45, 7) is 3.27. The minimum absolute atomic E-state index is 0.384. The van der Waals surface area contributed by atoms with E-state index in [2.05, 4.69) is 6.92 Å². The van der Waals surface area contributed by atoms with Crippen molar-refractivity contribution in [1.29, 1.82) is 0 Å². The minimum Gasteiger partial charge on any atom is -0.465 e. The first kappa shape index (κ1) is 14.8. The van der Waals surface area contributed by atoms with Gasteiger partial charge in [-0.1, -0.05) is 25.5 Å². The average molecular weight is 279 g/mol. The van der Waals surface area contributed by atoms with Crippen LogP contribution in [-0.4, -0.2) is 32.1 Å². The molecule has 0 unspecified atom stereocenters. The van der Waals surface area contributed by atoms with Crippen LogP contribution in [0.1, 0.15) is 35.7 Å². The molecule has 0 bridgehead atoms. The number of carbonyl (C=O) groups is 1. The number of para-hydroxylation sites is 1. The van der Waals surface area contributed by atoms with Gasteiger partial charge in [-0.3, -0.25) is 0 Å². The fourth-order valence-corrected chi connectivity index (χ4v) is 2.56. The topological polar surface area (TPSA) is 70.8 Å². The van der Waals surface area contributed by atoms with Gasteiger partial charge in [-0.25, -0.2) is 4.79 Å². The van der Waals surface area contributed by atoms with E-state index in [1.54, 1.807) is 12.1 Å². The maximum atomic E-state index is 11.7. The molecule has 1 heterocycles. The number of ether oxygens (including phenoxy) is 3. The van der Waals surface area contributed by atoms with Crippen LogP contribution >= 0.6 is 0 Å². The van der Waals surface area contributed by atoms with Crippen molar-refractivity contribution in [3.05, 3.63) is 29.3 Å². The molecule has 1 aromatic carbocycles. The Kier molecular flexibility index (Phi) is 4.62. The van der Waals surface area contributed by atoms with E-state index in [1.807, 2.05) is 6.07 Å². The largest absolute Gasteiger partial charge is 0.465 e. The highest BCUT2D eigenvalue weighted by Crippen LogP contribution is 2.32. The van der Waals surface area contributed by atoms with Gasteiger partial charge in [0.25, 0.3) is 0 Å². The van der Waals surface area contributed by atoms with Crippen molar-refractivity contribution in [1.82, 2.24) is 0 Å². The maximum absolute atomic E-state index is 11.7. The third-order valence-electron chi connectivity index (χ3n) is 3.51. The molecule has 1 aromatic rings. The van der Waals surface area contributed by atoms with Crippen LogP contribution in [0.3, 0.4) is 0 Å². The van der Waals surface area contributed by atoms with E-state index in [-0.39, 0.29) is 0 Å². The normalized spacial score (nSPS) is 17.1. The summed E-state index contributed by atoms with van der Waals surface area (Å²) in [5.74, 6) is -1.04. The van der Waals surface area contributed by atoms with E-state index >= 15 is 0 Å². The van der Waals surface area contributed by atoms with Gasteiger partial charge in [0.05, 0.1) is 25.9 Å². The molecule has 0 saturated carbocycles. The van der Waals surface area contributed by atoms with Crippen LogP contribution in [0.25, 0.3) is 0 Å². The Morgan fingerprint density at radius 1 is 1.40 bits per heavy atom. The second-order valence-electron chi connectivity index (χ2n) is 4.90. The number of nitrogen functional groups attached to an aromatic ring is 1. The van der Waals surface area contributed by atoms with Crippen LogP contribution in [0.4, 0.5) is 5.69 Å². The van der Waals surface area contributed by atoms with E-state index in [4.69, 9.17) is 19.9 Å². The number of benzene rings is 1. The van der Waals surface area contributed by atoms with Gasteiger partial charge in [0.2, 0.25) is 0 Å². The van der Waals surface area contributed by atoms with Gasteiger partial charge < -0.3 is 19.9 Å². The first-order chi connectivity index (χ1) is 9.62. The fourth-order valence-electron chi connectivity index (χ4n) is 2.56. The Balaban J connectivity index is 2.26. The SMILES string of the molecule is CCCC1(Cc2cccc(C(=O)OC)c2N)OCCO1. The number of anilines is 1. The number of methoxy groups -OCH3 is 1. The predicted molar refractivity (Wildman–Crippen MR) is 75.4 cm³/mol. The van der Waals surface area contributed by atoms with E-state index < -0.39 is 11.8 Å². The van der Waals surface area contributed by atoms with Gasteiger partial charge in [-0.2, -0.15) is 0 Å². The van der Waals surface area contributed by atoms with Gasteiger partial charge in [0.15, 0.2) is 5.79 Å². The van der Waals surface area contributed by atoms with Gasteiger partial charge >= 0.3 is 5.97 Å². The molecular weight excluding hydrogens is 258 g/mol. The highest BCUT2D eigenvalue weighted by molar-refractivity contribution is 5.95. The Labute approximate surface area is 119 Å². The molecule has 1 saturated heterocycles. The Hall–Kier alpha value is -1.59. The summed E-state index contributed by atoms with van der Waals surface area (Å²) in [5, 5.41) is 0. The summed E-state index contributed by atoms with van der Waals surface area (Å²) >= 11 is 0. The number of rotatable bonds is 5. The molecule has 0 atom stereocenters. The molecule has 1 aliphatic rings. The fraction of sp³-hybridized carbons (Fsp3) is 0.533. The lowest BCUT2D eigenvalue weighted by Crippen LogP contribution is -2.33. The van der Waals surface area contributed by atoms with Crippen molar-refractivity contribution >= 4 is 11.7 Å². The van der Waals surface area contributed by atoms with Gasteiger partial charge in [-0.15, -0.1) is 0 Å². The van der Waals surface area contributed by atoms with E-state index in [9.17, 15) is 4.79 Å². The second kappa shape index (κ2) is 6.24. The summed E-state index contributed by atoms with van der Waals surface area (Å²) in [6.07, 6.45) is 2.29. The molecule has 0 aromatic heterocycles. The highest BCUT2D eigenvalue weighted by atomic mass is 16.7. The molecule has 110 valence electrons. The van der Waals surface area contributed by atoms with Crippen LogP contribution in [0.2, 0.25) is 0 Å². The molecule has 0 aliphatic carbocycles. The van der Waals surface area contributed by atoms with Gasteiger partial charge in [0.1, 0.15) is 0 Å². The van der Waals surface area contributed by atoms with Crippen molar-refractivity contribution < 1.29 is 19.0 Å². The molecule has 20 heavy (non-hydrogen) atoms. The molecule has 2 N–H and O–H groups in total. The molecule has 0 amide bonds. The van der Waals surface area contributed by atoms with E-state index in [1.165, 1.54) is 7.11 Å². The molecule has 2 rings (SSSR count). The molecule has 0 radical (unpaired) electrons. The molecule has 1 fully saturated rings. The monoisotopic (exact) mass is 279 g/mol. The lowest BCUT2D eigenvalue weighted by molar-refractivity contribution is -0.160. The zero-order chi connectivity index (χ0) is 14.6. The smallest absolute Gasteiger partial charge is 0.339 e. The standard InChI is InChI=1S/C15H21NO4/c1-3-7-15(19-8-9-20-15)10-11-5-4-6-12(13(11)16)14(17)18-2/h4-6H,3,7-10,16H2,1-2H3. The van der Waals surface area contributed by atoms with E-state index in [0.717, 1.165) is 18.4 Å². The zero-order valence-corrected chi connectivity index (χ0v) is 12.0. The highest BCUT2D eigenvalue weighted by Gasteiger charge is 2.36. The average Bonchev–Trinajstić information content (AvgIpc) is 2.89. The van der Waals surface area contributed by atoms with Gasteiger partial charge in [0, 0.05) is 18.5 Å². The molecule has 5 heteroatoms. The lowest BCUT2D eigenvalue weighted by Gasteiger charge is -2.28. The van der Waals surface area contributed by atoms with Gasteiger partial charge in [-0.05, 0) is 11.6 Å². The molecular formula is C15H21NO4. The molecule has 0 spiro atoms. The summed E-state index contributed by atoms with van der Waals surface area (Å²) in [6, 6.07) is 5.35. The number of hydrogen-bond donors (Lipinski definition) is 1. The van der Waals surface area contributed by atoms with Crippen molar-refractivity contribution in [2.75, 3.05) is 26.1 Å². The Morgan fingerprint density at radius 2 is 2.10 bits per heavy atom. The second-order valence-corrected chi connectivity index (χ2v) is 4.90. The number of nitrogens with two attached hydrogens (primary N) is 1. The zero-order valence-electron chi connectivity index (χ0n) is 12.0. The number of hydrogen-bond acceptors (Lipinski definition) is 5. The van der Waals surface area contributed by atoms with Crippen molar-refractivity contribution in [2.24, 2.45) is 0 Å². The number of carbonyl (C=O) groups excluding carboxylic acids is 1. The molecule has 1 aliphatic heterocycles. The first-order valence-electron chi connectivity index (χ1n) is 6.85. The quantitative estimate of drug-likeness (QED) is 0.660. The predicted octanol–water partition coefficient (Wildman–Crippen LogP) is 2.14. The minimum atomic E-state index is -0.613. The van der Waals surface area contributed by atoms with Crippen LogP contribution in [0.5, 0.6) is 0 Å². The van der Waals surface area contributed by atoms with Crippen molar-refractivity contribution in [2.45, 2.75) is 32.0 Å². The summed E-state index contributed by atoms with van der Waals surface area (Å²) in [7, 11) is 1.34. The van der Waals surface area contributed by atoms with Crippen LogP contribution in [0, 0.1) is 0 Å². The van der Waals surface area contributed by atoms with Crippen LogP contribution < -0.4 is 5.73 Å². The summed E-state index contributed by atoms with van der Waals surface area (Å²) in [4.78, 5) is 11.7. The first-order valence-corrected chi connectivity index (χ1v) is 6.85. The third kappa shape index (κ3) is 2.94. The van der Waals surface area contributed by atoms with Crippen LogP contribution in [0.15, 0.2) is 18.2 Å². The van der Waals surface area contributed by atoms with Crippen LogP contribution in [-0.2, 0) is 20.6 Å². The maximum Gasteiger partial charge on any atom is 0.339 e. The molecule has 5 nitrogen and oxygen atoms in total. The Bertz CT molecular complexity index is 481. The Morgan fingerprint density at radius 3 is 2.70 bits per heavy atom. The number of esters is 1. The van der Waals surface area contributed by atoms with Crippen molar-refractivity contribution in [3.63, 3.8) is 0 Å². The summed E-state index contributed by atoms with van der Waals surface area (Å²) in [5.41, 5.74) is 7.75. The van der Waals surface area contributed by atoms with Crippen molar-refractivity contribution in [3.8, 4) is 0 Å². The summed E-state index contributed by atoms with van der Waals surface area (Å²) < 4.78 is 16.3.